The SMILES string of the molecule is OCc1cccc(Oc2ncc(Cl)cn2)c1. The fraction of sp³-hybridized carbons (Fsp3) is 0.0909. The molecule has 1 N–H and O–H groups in total. The molecule has 0 unspecified atom stereocenters. The number of hydrogen-bond donors (Lipinski definition) is 1. The number of nitrogens with zero attached hydrogens (tertiary/aromatic N) is 2. The average Bonchev–Trinajstić information content (AvgIpc) is 2.32. The summed E-state index contributed by atoms with van der Waals surface area (Å²) in [6.07, 6.45) is 2.92. The lowest BCUT2D eigenvalue weighted by Gasteiger charge is -2.04. The Morgan fingerprint density at radius 1 is 1.25 bits per heavy atom. The minimum Gasteiger partial charge on any atom is -0.424 e. The topological polar surface area (TPSA) is 55.2 Å². The van der Waals surface area contributed by atoms with E-state index in [9.17, 15) is 0 Å². The largest absolute Gasteiger partial charge is 0.424 e. The van der Waals surface area contributed by atoms with Crippen molar-refractivity contribution in [2.24, 2.45) is 0 Å². The molecule has 0 aliphatic carbocycles. The molecule has 82 valence electrons. The van der Waals surface area contributed by atoms with E-state index >= 15 is 0 Å². The molecule has 0 spiro atoms. The van der Waals surface area contributed by atoms with E-state index in [2.05, 4.69) is 9.97 Å². The summed E-state index contributed by atoms with van der Waals surface area (Å²) >= 11 is 5.65. The third-order valence-corrected chi connectivity index (χ3v) is 2.08. The molecule has 0 atom stereocenters. The second kappa shape index (κ2) is 4.92. The second-order valence-electron chi connectivity index (χ2n) is 3.09. The van der Waals surface area contributed by atoms with E-state index in [0.29, 0.717) is 10.8 Å². The Bertz CT molecular complexity index is 474. The average molecular weight is 237 g/mol. The van der Waals surface area contributed by atoms with Gasteiger partial charge < -0.3 is 9.84 Å². The zero-order valence-electron chi connectivity index (χ0n) is 8.30. The highest BCUT2D eigenvalue weighted by Crippen LogP contribution is 2.19. The van der Waals surface area contributed by atoms with E-state index in [-0.39, 0.29) is 12.6 Å². The maximum absolute atomic E-state index is 8.96. The zero-order valence-corrected chi connectivity index (χ0v) is 9.05. The van der Waals surface area contributed by atoms with E-state index in [4.69, 9.17) is 21.4 Å². The third-order valence-electron chi connectivity index (χ3n) is 1.89. The summed E-state index contributed by atoms with van der Waals surface area (Å²) in [5.41, 5.74) is 0.770. The molecule has 0 saturated heterocycles. The molecule has 1 heterocycles. The lowest BCUT2D eigenvalue weighted by Crippen LogP contribution is -1.91. The number of aliphatic hydroxyl groups is 1. The van der Waals surface area contributed by atoms with Crippen LogP contribution in [0.2, 0.25) is 5.02 Å². The minimum atomic E-state index is -0.0291. The van der Waals surface area contributed by atoms with Crippen LogP contribution in [0, 0.1) is 0 Å². The fourth-order valence-electron chi connectivity index (χ4n) is 1.17. The van der Waals surface area contributed by atoms with Gasteiger partial charge >= 0.3 is 6.01 Å². The van der Waals surface area contributed by atoms with Crippen LogP contribution in [0.25, 0.3) is 0 Å². The van der Waals surface area contributed by atoms with Gasteiger partial charge in [-0.3, -0.25) is 0 Å². The molecule has 0 amide bonds. The van der Waals surface area contributed by atoms with Gasteiger partial charge in [-0.05, 0) is 17.7 Å². The molecule has 5 heteroatoms. The molecule has 1 aromatic carbocycles. The Labute approximate surface area is 97.5 Å². The highest BCUT2D eigenvalue weighted by molar-refractivity contribution is 6.30. The lowest BCUT2D eigenvalue weighted by molar-refractivity contribution is 0.281. The third kappa shape index (κ3) is 2.68. The molecular weight excluding hydrogens is 228 g/mol. The normalized spacial score (nSPS) is 10.1. The standard InChI is InChI=1S/C11H9ClN2O2/c12-9-5-13-11(14-6-9)16-10-3-1-2-8(4-10)7-15/h1-6,15H,7H2. The van der Waals surface area contributed by atoms with Crippen LogP contribution in [-0.2, 0) is 6.61 Å². The van der Waals surface area contributed by atoms with Gasteiger partial charge in [0.15, 0.2) is 0 Å². The molecule has 2 aromatic rings. The van der Waals surface area contributed by atoms with Gasteiger partial charge in [0, 0.05) is 0 Å². The second-order valence-corrected chi connectivity index (χ2v) is 3.53. The number of rotatable bonds is 3. The highest BCUT2D eigenvalue weighted by atomic mass is 35.5. The number of ether oxygens (including phenoxy) is 1. The Morgan fingerprint density at radius 2 is 2.00 bits per heavy atom. The Hall–Kier alpha value is -1.65. The molecular formula is C11H9ClN2O2. The first-order chi connectivity index (χ1) is 7.78. The predicted octanol–water partition coefficient (Wildman–Crippen LogP) is 2.41. The zero-order chi connectivity index (χ0) is 11.4. The summed E-state index contributed by atoms with van der Waals surface area (Å²) in [5.74, 6) is 0.578. The molecule has 0 aliphatic rings. The van der Waals surface area contributed by atoms with Crippen molar-refractivity contribution in [3.05, 3.63) is 47.2 Å². The summed E-state index contributed by atoms with van der Waals surface area (Å²) in [7, 11) is 0. The van der Waals surface area contributed by atoms with Crippen molar-refractivity contribution >= 4 is 11.6 Å². The number of halogens is 1. The van der Waals surface area contributed by atoms with Crippen LogP contribution in [0.4, 0.5) is 0 Å². The van der Waals surface area contributed by atoms with Crippen molar-refractivity contribution < 1.29 is 9.84 Å². The molecule has 0 radical (unpaired) electrons. The number of aliphatic hydroxyl groups excluding tert-OH is 1. The van der Waals surface area contributed by atoms with Crippen molar-refractivity contribution in [2.45, 2.75) is 6.61 Å². The van der Waals surface area contributed by atoms with Crippen molar-refractivity contribution in [2.75, 3.05) is 0 Å². The van der Waals surface area contributed by atoms with Crippen molar-refractivity contribution in [1.29, 1.82) is 0 Å². The number of aromatic nitrogens is 2. The van der Waals surface area contributed by atoms with Crippen LogP contribution in [0.1, 0.15) is 5.56 Å². The smallest absolute Gasteiger partial charge is 0.321 e. The van der Waals surface area contributed by atoms with Gasteiger partial charge in [0.2, 0.25) is 0 Å². The number of hydrogen-bond acceptors (Lipinski definition) is 4. The monoisotopic (exact) mass is 236 g/mol. The van der Waals surface area contributed by atoms with E-state index in [1.165, 1.54) is 12.4 Å². The quantitative estimate of drug-likeness (QED) is 0.889. The van der Waals surface area contributed by atoms with Gasteiger partial charge in [-0.15, -0.1) is 0 Å². The molecule has 0 bridgehead atoms. The number of benzene rings is 1. The van der Waals surface area contributed by atoms with Crippen LogP contribution >= 0.6 is 11.6 Å². The van der Waals surface area contributed by atoms with Crippen LogP contribution in [0.5, 0.6) is 11.8 Å². The summed E-state index contributed by atoms with van der Waals surface area (Å²) in [6.45, 7) is -0.0291. The van der Waals surface area contributed by atoms with Crippen molar-refractivity contribution in [1.82, 2.24) is 9.97 Å². The van der Waals surface area contributed by atoms with Crippen molar-refractivity contribution in [3.63, 3.8) is 0 Å². The fourth-order valence-corrected chi connectivity index (χ4v) is 1.26. The van der Waals surface area contributed by atoms with E-state index in [1.54, 1.807) is 24.3 Å². The lowest BCUT2D eigenvalue weighted by atomic mass is 10.2. The Morgan fingerprint density at radius 3 is 2.69 bits per heavy atom. The first-order valence-electron chi connectivity index (χ1n) is 4.63. The van der Waals surface area contributed by atoms with Gasteiger partial charge in [0.1, 0.15) is 5.75 Å². The molecule has 2 rings (SSSR count). The molecule has 16 heavy (non-hydrogen) atoms. The summed E-state index contributed by atoms with van der Waals surface area (Å²) in [6, 6.07) is 7.29. The Balaban J connectivity index is 2.16. The van der Waals surface area contributed by atoms with Gasteiger partial charge in [0.25, 0.3) is 0 Å². The molecule has 0 saturated carbocycles. The van der Waals surface area contributed by atoms with E-state index < -0.39 is 0 Å². The van der Waals surface area contributed by atoms with Gasteiger partial charge in [-0.2, -0.15) is 0 Å². The molecule has 0 aliphatic heterocycles. The first kappa shape index (κ1) is 10.9. The maximum Gasteiger partial charge on any atom is 0.321 e. The molecule has 1 aromatic heterocycles. The van der Waals surface area contributed by atoms with Crippen LogP contribution in [-0.4, -0.2) is 15.1 Å². The summed E-state index contributed by atoms with van der Waals surface area (Å²) < 4.78 is 5.38. The van der Waals surface area contributed by atoms with Crippen molar-refractivity contribution in [3.8, 4) is 11.8 Å². The van der Waals surface area contributed by atoms with E-state index in [0.717, 1.165) is 5.56 Å². The van der Waals surface area contributed by atoms with Gasteiger partial charge in [-0.1, -0.05) is 23.7 Å². The highest BCUT2D eigenvalue weighted by Gasteiger charge is 2.00. The predicted molar refractivity (Wildman–Crippen MR) is 59.5 cm³/mol. The van der Waals surface area contributed by atoms with E-state index in [1.807, 2.05) is 0 Å². The maximum atomic E-state index is 8.96. The molecule has 0 fully saturated rings. The van der Waals surface area contributed by atoms with Gasteiger partial charge in [0.05, 0.1) is 24.0 Å². The summed E-state index contributed by atoms with van der Waals surface area (Å²) in [4.78, 5) is 7.80. The van der Waals surface area contributed by atoms with Crippen LogP contribution < -0.4 is 4.74 Å². The van der Waals surface area contributed by atoms with Crippen LogP contribution in [0.15, 0.2) is 36.7 Å². The summed E-state index contributed by atoms with van der Waals surface area (Å²) in [5, 5.41) is 9.42. The van der Waals surface area contributed by atoms with Crippen LogP contribution in [0.3, 0.4) is 0 Å². The minimum absolute atomic E-state index is 0.0291. The first-order valence-corrected chi connectivity index (χ1v) is 5.01. The molecule has 4 nitrogen and oxygen atoms in total. The Kier molecular flexibility index (Phi) is 3.34. The van der Waals surface area contributed by atoms with Gasteiger partial charge in [-0.25, -0.2) is 9.97 Å².